The third-order valence-electron chi connectivity index (χ3n) is 1.61. The molecule has 0 aliphatic carbocycles. The van der Waals surface area contributed by atoms with Crippen molar-refractivity contribution in [1.82, 2.24) is 4.98 Å². The average Bonchev–Trinajstić information content (AvgIpc) is 2.05. The maximum absolute atomic E-state index is 12.9. The van der Waals surface area contributed by atoms with Gasteiger partial charge in [-0.1, -0.05) is 12.1 Å². The van der Waals surface area contributed by atoms with Crippen molar-refractivity contribution in [2.24, 2.45) is 5.73 Å². The lowest BCUT2D eigenvalue weighted by molar-refractivity contribution is 0.545. The van der Waals surface area contributed by atoms with Crippen LogP contribution < -0.4 is 5.73 Å². The first-order valence-corrected chi connectivity index (χ1v) is 3.72. The van der Waals surface area contributed by atoms with Crippen LogP contribution in [0.15, 0.2) is 31.0 Å². The van der Waals surface area contributed by atoms with Gasteiger partial charge in [0.2, 0.25) is 5.95 Å². The molecular formula is C9H11FN2. The smallest absolute Gasteiger partial charge is 0.217 e. The molecular weight excluding hydrogens is 155 g/mol. The minimum absolute atomic E-state index is 0.337. The van der Waals surface area contributed by atoms with Gasteiger partial charge in [0.1, 0.15) is 0 Å². The van der Waals surface area contributed by atoms with Crippen LogP contribution in [-0.4, -0.2) is 4.98 Å². The van der Waals surface area contributed by atoms with Gasteiger partial charge in [0, 0.05) is 17.8 Å². The number of nitrogens with zero attached hydrogens (tertiary/aromatic N) is 1. The largest absolute Gasteiger partial charge is 0.324 e. The lowest BCUT2D eigenvalue weighted by Gasteiger charge is -2.08. The highest BCUT2D eigenvalue weighted by molar-refractivity contribution is 5.15. The SMILES string of the molecule is C=CCC(N)c1cccnc1F. The number of halogens is 1. The van der Waals surface area contributed by atoms with Gasteiger partial charge < -0.3 is 5.73 Å². The Kier molecular flexibility index (Phi) is 2.94. The molecule has 0 amide bonds. The lowest BCUT2D eigenvalue weighted by Crippen LogP contribution is -2.11. The summed E-state index contributed by atoms with van der Waals surface area (Å²) in [7, 11) is 0. The predicted molar refractivity (Wildman–Crippen MR) is 45.9 cm³/mol. The van der Waals surface area contributed by atoms with Gasteiger partial charge in [0.15, 0.2) is 0 Å². The Morgan fingerprint density at radius 3 is 3.08 bits per heavy atom. The van der Waals surface area contributed by atoms with Gasteiger partial charge in [0.25, 0.3) is 0 Å². The molecule has 0 aliphatic rings. The second-order valence-corrected chi connectivity index (χ2v) is 2.51. The molecule has 0 saturated carbocycles. The summed E-state index contributed by atoms with van der Waals surface area (Å²) in [6.07, 6.45) is 3.62. The van der Waals surface area contributed by atoms with E-state index in [-0.39, 0.29) is 6.04 Å². The third-order valence-corrected chi connectivity index (χ3v) is 1.61. The minimum Gasteiger partial charge on any atom is -0.324 e. The van der Waals surface area contributed by atoms with Crippen LogP contribution in [0.4, 0.5) is 4.39 Å². The topological polar surface area (TPSA) is 38.9 Å². The average molecular weight is 166 g/mol. The molecule has 12 heavy (non-hydrogen) atoms. The summed E-state index contributed by atoms with van der Waals surface area (Å²) in [4.78, 5) is 3.50. The molecule has 1 rings (SSSR count). The molecule has 1 unspecified atom stereocenters. The predicted octanol–water partition coefficient (Wildman–Crippen LogP) is 1.80. The van der Waals surface area contributed by atoms with Crippen molar-refractivity contribution < 1.29 is 4.39 Å². The summed E-state index contributed by atoms with van der Waals surface area (Å²) in [5.41, 5.74) is 6.10. The van der Waals surface area contributed by atoms with E-state index in [1.807, 2.05) is 0 Å². The van der Waals surface area contributed by atoms with Crippen molar-refractivity contribution in [3.8, 4) is 0 Å². The molecule has 2 nitrogen and oxygen atoms in total. The first-order valence-electron chi connectivity index (χ1n) is 3.72. The van der Waals surface area contributed by atoms with Gasteiger partial charge >= 0.3 is 0 Å². The molecule has 0 spiro atoms. The fourth-order valence-electron chi connectivity index (χ4n) is 0.982. The highest BCUT2D eigenvalue weighted by Gasteiger charge is 2.09. The number of pyridine rings is 1. The van der Waals surface area contributed by atoms with E-state index in [2.05, 4.69) is 11.6 Å². The van der Waals surface area contributed by atoms with Crippen LogP contribution in [0, 0.1) is 5.95 Å². The van der Waals surface area contributed by atoms with Crippen LogP contribution in [0.2, 0.25) is 0 Å². The molecule has 64 valence electrons. The summed E-state index contributed by atoms with van der Waals surface area (Å²) in [5.74, 6) is -0.494. The molecule has 1 atom stereocenters. The highest BCUT2D eigenvalue weighted by Crippen LogP contribution is 2.15. The molecule has 1 aromatic rings. The Morgan fingerprint density at radius 2 is 2.50 bits per heavy atom. The molecule has 0 bridgehead atoms. The Balaban J connectivity index is 2.86. The summed E-state index contributed by atoms with van der Waals surface area (Å²) < 4.78 is 12.9. The first-order chi connectivity index (χ1) is 5.75. The molecule has 3 heteroatoms. The van der Waals surface area contributed by atoms with E-state index >= 15 is 0 Å². The third kappa shape index (κ3) is 1.89. The zero-order chi connectivity index (χ0) is 8.97. The van der Waals surface area contributed by atoms with Crippen LogP contribution in [0.25, 0.3) is 0 Å². The molecule has 1 heterocycles. The molecule has 2 N–H and O–H groups in total. The van der Waals surface area contributed by atoms with E-state index < -0.39 is 5.95 Å². The molecule has 1 aromatic heterocycles. The van der Waals surface area contributed by atoms with Crippen LogP contribution >= 0.6 is 0 Å². The number of nitrogens with two attached hydrogens (primary N) is 1. The van der Waals surface area contributed by atoms with Crippen LogP contribution in [0.5, 0.6) is 0 Å². The van der Waals surface area contributed by atoms with Crippen molar-refractivity contribution in [1.29, 1.82) is 0 Å². The molecule has 0 radical (unpaired) electrons. The van der Waals surface area contributed by atoms with E-state index in [0.29, 0.717) is 12.0 Å². The van der Waals surface area contributed by atoms with Crippen LogP contribution in [0.1, 0.15) is 18.0 Å². The molecule has 0 aromatic carbocycles. The normalized spacial score (nSPS) is 12.5. The van der Waals surface area contributed by atoms with Crippen molar-refractivity contribution in [2.45, 2.75) is 12.5 Å². The van der Waals surface area contributed by atoms with Gasteiger partial charge in [-0.25, -0.2) is 4.98 Å². The lowest BCUT2D eigenvalue weighted by atomic mass is 10.1. The summed E-state index contributed by atoms with van der Waals surface area (Å²) in [6, 6.07) is 2.97. The van der Waals surface area contributed by atoms with Crippen molar-refractivity contribution in [3.05, 3.63) is 42.5 Å². The van der Waals surface area contributed by atoms with E-state index in [9.17, 15) is 4.39 Å². The Morgan fingerprint density at radius 1 is 1.75 bits per heavy atom. The van der Waals surface area contributed by atoms with Gasteiger partial charge in [-0.3, -0.25) is 0 Å². The number of hydrogen-bond donors (Lipinski definition) is 1. The quantitative estimate of drug-likeness (QED) is 0.549. The maximum Gasteiger partial charge on any atom is 0.217 e. The van der Waals surface area contributed by atoms with Crippen LogP contribution in [0.3, 0.4) is 0 Å². The molecule has 0 fully saturated rings. The van der Waals surface area contributed by atoms with E-state index in [4.69, 9.17) is 5.73 Å². The molecule has 0 aliphatic heterocycles. The Hall–Kier alpha value is -1.22. The fraction of sp³-hybridized carbons (Fsp3) is 0.222. The van der Waals surface area contributed by atoms with Crippen molar-refractivity contribution >= 4 is 0 Å². The first kappa shape index (κ1) is 8.87. The summed E-state index contributed by atoms with van der Waals surface area (Å²) >= 11 is 0. The Labute approximate surface area is 70.9 Å². The van der Waals surface area contributed by atoms with Gasteiger partial charge in [0.05, 0.1) is 0 Å². The second-order valence-electron chi connectivity index (χ2n) is 2.51. The number of aromatic nitrogens is 1. The molecule has 0 saturated heterocycles. The zero-order valence-corrected chi connectivity index (χ0v) is 6.70. The number of rotatable bonds is 3. The monoisotopic (exact) mass is 166 g/mol. The van der Waals surface area contributed by atoms with E-state index in [1.165, 1.54) is 6.20 Å². The van der Waals surface area contributed by atoms with Crippen molar-refractivity contribution in [3.63, 3.8) is 0 Å². The standard InChI is InChI=1S/C9H11FN2/c1-2-4-8(11)7-5-3-6-12-9(7)10/h2-3,5-6,8H,1,4,11H2. The van der Waals surface area contributed by atoms with Gasteiger partial charge in [-0.15, -0.1) is 6.58 Å². The van der Waals surface area contributed by atoms with Gasteiger partial charge in [-0.05, 0) is 12.5 Å². The zero-order valence-electron chi connectivity index (χ0n) is 6.70. The van der Waals surface area contributed by atoms with Gasteiger partial charge in [-0.2, -0.15) is 4.39 Å². The van der Waals surface area contributed by atoms with E-state index in [1.54, 1.807) is 18.2 Å². The summed E-state index contributed by atoms with van der Waals surface area (Å²) in [6.45, 7) is 3.53. The fourth-order valence-corrected chi connectivity index (χ4v) is 0.982. The van der Waals surface area contributed by atoms with E-state index in [0.717, 1.165) is 0 Å². The minimum atomic E-state index is -0.494. The second kappa shape index (κ2) is 3.97. The Bertz CT molecular complexity index is 273. The maximum atomic E-state index is 12.9. The van der Waals surface area contributed by atoms with Crippen molar-refractivity contribution in [2.75, 3.05) is 0 Å². The highest BCUT2D eigenvalue weighted by atomic mass is 19.1. The summed E-state index contributed by atoms with van der Waals surface area (Å²) in [5, 5.41) is 0. The van der Waals surface area contributed by atoms with Crippen LogP contribution in [-0.2, 0) is 0 Å². The number of hydrogen-bond acceptors (Lipinski definition) is 2.